The van der Waals surface area contributed by atoms with Crippen LogP contribution in [0.25, 0.3) is 0 Å². The molecule has 0 unspecified atom stereocenters. The summed E-state index contributed by atoms with van der Waals surface area (Å²) >= 11 is 0. The summed E-state index contributed by atoms with van der Waals surface area (Å²) in [5.74, 6) is 0.248. The fraction of sp³-hybridized carbons (Fsp3) is 0.588. The van der Waals surface area contributed by atoms with E-state index < -0.39 is 8.87 Å². The number of carbonyl (C=O) groups excluding carboxylic acids is 1. The lowest BCUT2D eigenvalue weighted by atomic mass is 10.2. The van der Waals surface area contributed by atoms with Crippen LogP contribution in [0, 0.1) is 5.92 Å². The second-order valence-corrected chi connectivity index (χ2v) is 9.88. The first-order valence-electron chi connectivity index (χ1n) is 8.16. The van der Waals surface area contributed by atoms with Gasteiger partial charge in [0.1, 0.15) is 0 Å². The first kappa shape index (κ1) is 21.0. The number of carbonyl (C=O) groups is 1. The molecule has 0 saturated heterocycles. The Morgan fingerprint density at radius 1 is 1.17 bits per heavy atom. The molecule has 7 heteroatoms. The second-order valence-electron chi connectivity index (χ2n) is 5.83. The van der Waals surface area contributed by atoms with E-state index in [1.54, 1.807) is 26.0 Å². The molecule has 0 aromatic heterocycles. The monoisotopic (exact) mass is 373 g/mol. The van der Waals surface area contributed by atoms with Crippen LogP contribution in [0.15, 0.2) is 29.2 Å². The Labute approximate surface area is 148 Å². The molecule has 136 valence electrons. The maximum Gasteiger partial charge on any atom is 0.308 e. The van der Waals surface area contributed by atoms with Crippen LogP contribution in [0.5, 0.6) is 0 Å². The number of hydrogen-bond acceptors (Lipinski definition) is 6. The molecule has 0 amide bonds. The Morgan fingerprint density at radius 2 is 1.83 bits per heavy atom. The third-order valence-corrected chi connectivity index (χ3v) is 6.96. The molecule has 0 fully saturated rings. The molecule has 1 N–H and O–H groups in total. The van der Waals surface area contributed by atoms with Gasteiger partial charge in [-0.15, -0.1) is 0 Å². The molecule has 24 heavy (non-hydrogen) atoms. The molecule has 0 atom stereocenters. The van der Waals surface area contributed by atoms with Crippen LogP contribution in [0.4, 0.5) is 0 Å². The highest BCUT2D eigenvalue weighted by Gasteiger charge is 2.14. The van der Waals surface area contributed by atoms with Gasteiger partial charge in [-0.25, -0.2) is 8.42 Å². The molecular weight excluding hydrogens is 346 g/mol. The van der Waals surface area contributed by atoms with Crippen LogP contribution in [-0.4, -0.2) is 33.8 Å². The van der Waals surface area contributed by atoms with E-state index in [9.17, 15) is 13.2 Å². The minimum Gasteiger partial charge on any atom is -0.465 e. The number of ether oxygens (including phenoxy) is 1. The Hall–Kier alpha value is -1.05. The van der Waals surface area contributed by atoms with Crippen molar-refractivity contribution < 1.29 is 17.9 Å². The highest BCUT2D eigenvalue weighted by molar-refractivity contribution is 8.72. The maximum absolute atomic E-state index is 12.2. The van der Waals surface area contributed by atoms with Crippen molar-refractivity contribution in [2.24, 2.45) is 5.92 Å². The molecule has 0 aliphatic heterocycles. The van der Waals surface area contributed by atoms with E-state index in [-0.39, 0.29) is 11.9 Å². The van der Waals surface area contributed by atoms with Crippen molar-refractivity contribution in [2.75, 3.05) is 19.4 Å². The molecule has 0 aliphatic rings. The lowest BCUT2D eigenvalue weighted by molar-refractivity contribution is -0.147. The van der Waals surface area contributed by atoms with Gasteiger partial charge in [0, 0.05) is 12.3 Å². The van der Waals surface area contributed by atoms with Crippen molar-refractivity contribution in [3.05, 3.63) is 29.8 Å². The molecule has 0 saturated carbocycles. The number of hydrogen-bond donors (Lipinski definition) is 1. The number of unbranched alkanes of at least 4 members (excludes halogenated alkanes) is 2. The highest BCUT2D eigenvalue weighted by atomic mass is 33.1. The summed E-state index contributed by atoms with van der Waals surface area (Å²) in [5.41, 5.74) is 1.05. The van der Waals surface area contributed by atoms with Crippen LogP contribution in [0.2, 0.25) is 0 Å². The first-order chi connectivity index (χ1) is 11.4. The fourth-order valence-corrected chi connectivity index (χ4v) is 4.84. The number of nitrogens with one attached hydrogen (secondary N) is 1. The average molecular weight is 374 g/mol. The normalized spacial score (nSPS) is 11.7. The number of rotatable bonds is 11. The van der Waals surface area contributed by atoms with Crippen molar-refractivity contribution in [1.29, 1.82) is 0 Å². The maximum atomic E-state index is 12.2. The Morgan fingerprint density at radius 3 is 2.42 bits per heavy atom. The quantitative estimate of drug-likeness (QED) is 0.365. The Bertz CT molecular complexity index is 598. The summed E-state index contributed by atoms with van der Waals surface area (Å²) in [6.45, 7) is 4.72. The van der Waals surface area contributed by atoms with E-state index in [1.165, 1.54) is 0 Å². The van der Waals surface area contributed by atoms with Gasteiger partial charge in [-0.1, -0.05) is 26.0 Å². The van der Waals surface area contributed by atoms with Crippen molar-refractivity contribution in [3.8, 4) is 0 Å². The largest absolute Gasteiger partial charge is 0.465 e. The summed E-state index contributed by atoms with van der Waals surface area (Å²) in [6.07, 6.45) is 2.38. The van der Waals surface area contributed by atoms with E-state index in [2.05, 4.69) is 5.32 Å². The lowest BCUT2D eigenvalue weighted by Gasteiger charge is -2.07. The van der Waals surface area contributed by atoms with Gasteiger partial charge in [0.05, 0.1) is 17.4 Å². The molecular formula is C17H27NO4S2. The standard InChI is InChI=1S/C17H27NO4S2/c1-14(2)17(19)22-11-5-4-6-12-23-24(20,21)16-9-7-15(8-10-16)13-18-3/h7-10,14,18H,4-6,11-13H2,1-3H3. The third kappa shape index (κ3) is 7.68. The fourth-order valence-electron chi connectivity index (χ4n) is 1.94. The smallest absolute Gasteiger partial charge is 0.308 e. The Balaban J connectivity index is 2.27. The average Bonchev–Trinajstić information content (AvgIpc) is 2.54. The van der Waals surface area contributed by atoms with Gasteiger partial charge in [0.2, 0.25) is 8.87 Å². The van der Waals surface area contributed by atoms with Crippen molar-refractivity contribution >= 4 is 25.6 Å². The zero-order valence-electron chi connectivity index (χ0n) is 14.6. The summed E-state index contributed by atoms with van der Waals surface area (Å²) < 4.78 is 29.5. The van der Waals surface area contributed by atoms with Crippen LogP contribution < -0.4 is 5.32 Å². The third-order valence-electron chi connectivity index (χ3n) is 3.34. The van der Waals surface area contributed by atoms with Crippen LogP contribution in [-0.2, 0) is 24.9 Å². The van der Waals surface area contributed by atoms with Crippen LogP contribution in [0.1, 0.15) is 38.7 Å². The van der Waals surface area contributed by atoms with Crippen LogP contribution >= 0.6 is 10.8 Å². The van der Waals surface area contributed by atoms with Gasteiger partial charge in [-0.3, -0.25) is 4.79 Å². The second kappa shape index (κ2) is 10.7. The van der Waals surface area contributed by atoms with Crippen LogP contribution in [0.3, 0.4) is 0 Å². The predicted molar refractivity (Wildman–Crippen MR) is 98.5 cm³/mol. The van der Waals surface area contributed by atoms with E-state index in [0.717, 1.165) is 42.2 Å². The van der Waals surface area contributed by atoms with Crippen molar-refractivity contribution in [3.63, 3.8) is 0 Å². The molecule has 0 aliphatic carbocycles. The highest BCUT2D eigenvalue weighted by Crippen LogP contribution is 2.24. The molecule has 1 aromatic carbocycles. The zero-order valence-corrected chi connectivity index (χ0v) is 16.2. The van der Waals surface area contributed by atoms with E-state index in [4.69, 9.17) is 4.74 Å². The molecule has 0 spiro atoms. The topological polar surface area (TPSA) is 72.5 Å². The molecule has 1 aromatic rings. The minimum absolute atomic E-state index is 0.106. The van der Waals surface area contributed by atoms with Gasteiger partial charge in [-0.2, -0.15) is 0 Å². The summed E-state index contributed by atoms with van der Waals surface area (Å²) in [4.78, 5) is 11.6. The minimum atomic E-state index is -3.30. The van der Waals surface area contributed by atoms with Gasteiger partial charge < -0.3 is 10.1 Å². The molecule has 0 radical (unpaired) electrons. The van der Waals surface area contributed by atoms with Gasteiger partial charge in [-0.05, 0) is 54.8 Å². The summed E-state index contributed by atoms with van der Waals surface area (Å²) in [5, 5.41) is 3.03. The number of esters is 1. The molecule has 5 nitrogen and oxygen atoms in total. The van der Waals surface area contributed by atoms with E-state index >= 15 is 0 Å². The van der Waals surface area contributed by atoms with E-state index in [1.807, 2.05) is 19.2 Å². The van der Waals surface area contributed by atoms with Crippen molar-refractivity contribution in [2.45, 2.75) is 44.6 Å². The van der Waals surface area contributed by atoms with Gasteiger partial charge in [0.15, 0.2) is 0 Å². The van der Waals surface area contributed by atoms with Crippen molar-refractivity contribution in [1.82, 2.24) is 5.32 Å². The predicted octanol–water partition coefficient (Wildman–Crippen LogP) is 3.20. The summed E-state index contributed by atoms with van der Waals surface area (Å²) in [6, 6.07) is 6.96. The molecule has 0 heterocycles. The molecule has 0 bridgehead atoms. The zero-order chi connectivity index (χ0) is 18.0. The summed E-state index contributed by atoms with van der Waals surface area (Å²) in [7, 11) is -0.478. The Kier molecular flexibility index (Phi) is 9.39. The SMILES string of the molecule is CNCc1ccc(S(=O)(=O)SCCCCCOC(=O)C(C)C)cc1. The first-order valence-corrected chi connectivity index (χ1v) is 11.1. The van der Waals surface area contributed by atoms with E-state index in [0.29, 0.717) is 17.3 Å². The number of benzene rings is 1. The van der Waals surface area contributed by atoms with Gasteiger partial charge in [0.25, 0.3) is 0 Å². The van der Waals surface area contributed by atoms with Gasteiger partial charge >= 0.3 is 5.97 Å². The lowest BCUT2D eigenvalue weighted by Crippen LogP contribution is -2.12. The molecule has 1 rings (SSSR count).